The zero-order valence-electron chi connectivity index (χ0n) is 6.80. The van der Waals surface area contributed by atoms with E-state index in [1.165, 1.54) is 0 Å². The molecule has 1 aromatic rings. The van der Waals surface area contributed by atoms with E-state index in [0.29, 0.717) is 16.5 Å². The highest BCUT2D eigenvalue weighted by molar-refractivity contribution is 6.37. The summed E-state index contributed by atoms with van der Waals surface area (Å²) in [6, 6.07) is 7.31. The molecule has 1 aromatic carbocycles. The highest BCUT2D eigenvalue weighted by atomic mass is 35.5. The van der Waals surface area contributed by atoms with Gasteiger partial charge < -0.3 is 0 Å². The second-order valence-corrected chi connectivity index (χ2v) is 3.21. The number of nitriles is 1. The molecule has 0 fully saturated rings. The molecule has 0 amide bonds. The van der Waals surface area contributed by atoms with Crippen molar-refractivity contribution in [3.63, 3.8) is 0 Å². The third-order valence-corrected chi connectivity index (χ3v) is 2.15. The summed E-state index contributed by atoms with van der Waals surface area (Å²) in [4.78, 5) is 0. The molecule has 0 N–H and O–H groups in total. The first-order chi connectivity index (χ1) is 6.25. The first-order valence-corrected chi connectivity index (χ1v) is 4.49. The maximum atomic E-state index is 8.32. The lowest BCUT2D eigenvalue weighted by Crippen LogP contribution is -1.76. The summed E-state index contributed by atoms with van der Waals surface area (Å²) >= 11 is 11.8. The van der Waals surface area contributed by atoms with Crippen LogP contribution in [0.1, 0.15) is 12.0 Å². The fraction of sp³-hybridized carbons (Fsp3) is 0.100. The minimum atomic E-state index is 0.363. The van der Waals surface area contributed by atoms with Gasteiger partial charge in [-0.1, -0.05) is 41.4 Å². The molecule has 0 aromatic heterocycles. The van der Waals surface area contributed by atoms with Crippen LogP contribution in [-0.2, 0) is 0 Å². The van der Waals surface area contributed by atoms with Gasteiger partial charge in [0, 0.05) is 15.6 Å². The topological polar surface area (TPSA) is 23.8 Å². The van der Waals surface area contributed by atoms with Crippen molar-refractivity contribution in [2.24, 2.45) is 0 Å². The summed E-state index contributed by atoms with van der Waals surface area (Å²) in [5.41, 5.74) is 0.765. The van der Waals surface area contributed by atoms with Gasteiger partial charge in [0.2, 0.25) is 0 Å². The third kappa shape index (κ3) is 2.77. The van der Waals surface area contributed by atoms with Crippen LogP contribution in [0, 0.1) is 11.3 Å². The lowest BCUT2D eigenvalue weighted by atomic mass is 10.2. The molecule has 13 heavy (non-hydrogen) atoms. The molecule has 0 aliphatic carbocycles. The maximum absolute atomic E-state index is 8.32. The summed E-state index contributed by atoms with van der Waals surface area (Å²) in [7, 11) is 0. The molecule has 0 aliphatic rings. The normalized spacial score (nSPS) is 10.2. The van der Waals surface area contributed by atoms with E-state index in [1.54, 1.807) is 30.4 Å². The Labute approximate surface area is 87.2 Å². The van der Waals surface area contributed by atoms with Crippen molar-refractivity contribution in [1.82, 2.24) is 0 Å². The smallest absolute Gasteiger partial charge is 0.0663 e. The molecule has 0 heterocycles. The molecule has 1 nitrogen and oxygen atoms in total. The Hall–Kier alpha value is -0.970. The van der Waals surface area contributed by atoms with Gasteiger partial charge in [-0.05, 0) is 12.1 Å². The summed E-state index contributed by atoms with van der Waals surface area (Å²) in [6.07, 6.45) is 3.85. The Morgan fingerprint density at radius 2 is 1.92 bits per heavy atom. The van der Waals surface area contributed by atoms with Gasteiger partial charge in [0.15, 0.2) is 0 Å². The predicted octanol–water partition coefficient (Wildman–Crippen LogP) is 3.92. The minimum absolute atomic E-state index is 0.363. The first kappa shape index (κ1) is 10.1. The van der Waals surface area contributed by atoms with Gasteiger partial charge >= 0.3 is 0 Å². The van der Waals surface area contributed by atoms with Gasteiger partial charge in [-0.2, -0.15) is 5.26 Å². The van der Waals surface area contributed by atoms with E-state index in [1.807, 2.05) is 6.07 Å². The molecule has 0 saturated heterocycles. The van der Waals surface area contributed by atoms with Crippen molar-refractivity contribution in [3.8, 4) is 6.07 Å². The van der Waals surface area contributed by atoms with Crippen LogP contribution < -0.4 is 0 Å². The molecule has 0 radical (unpaired) electrons. The molecular weight excluding hydrogens is 205 g/mol. The van der Waals surface area contributed by atoms with Gasteiger partial charge in [-0.15, -0.1) is 0 Å². The van der Waals surface area contributed by atoms with Crippen molar-refractivity contribution in [1.29, 1.82) is 5.26 Å². The summed E-state index contributed by atoms with van der Waals surface area (Å²) in [5.74, 6) is 0. The Morgan fingerprint density at radius 1 is 1.31 bits per heavy atom. The number of benzene rings is 1. The molecule has 0 spiro atoms. The summed E-state index contributed by atoms with van der Waals surface area (Å²) in [6.45, 7) is 0. The first-order valence-electron chi connectivity index (χ1n) is 3.73. The maximum Gasteiger partial charge on any atom is 0.0663 e. The largest absolute Gasteiger partial charge is 0.198 e. The van der Waals surface area contributed by atoms with Crippen LogP contribution in [-0.4, -0.2) is 0 Å². The fourth-order valence-corrected chi connectivity index (χ4v) is 1.42. The second-order valence-electron chi connectivity index (χ2n) is 2.40. The van der Waals surface area contributed by atoms with Crippen molar-refractivity contribution in [2.75, 3.05) is 0 Å². The lowest BCUT2D eigenvalue weighted by molar-refractivity contribution is 1.36. The molecule has 0 unspecified atom stereocenters. The quantitative estimate of drug-likeness (QED) is 0.728. The minimum Gasteiger partial charge on any atom is -0.198 e. The monoisotopic (exact) mass is 211 g/mol. The van der Waals surface area contributed by atoms with Gasteiger partial charge in [-0.25, -0.2) is 0 Å². The van der Waals surface area contributed by atoms with E-state index in [2.05, 4.69) is 0 Å². The SMILES string of the molecule is N#CCC=Cc1c(Cl)cccc1Cl. The second kappa shape index (κ2) is 4.91. The van der Waals surface area contributed by atoms with Crippen molar-refractivity contribution >= 4 is 29.3 Å². The lowest BCUT2D eigenvalue weighted by Gasteiger charge is -1.99. The van der Waals surface area contributed by atoms with Crippen LogP contribution in [0.4, 0.5) is 0 Å². The summed E-state index contributed by atoms with van der Waals surface area (Å²) < 4.78 is 0. The van der Waals surface area contributed by atoms with Crippen LogP contribution in [0.2, 0.25) is 10.0 Å². The van der Waals surface area contributed by atoms with E-state index in [-0.39, 0.29) is 0 Å². The van der Waals surface area contributed by atoms with Gasteiger partial charge in [0.25, 0.3) is 0 Å². The average Bonchev–Trinajstić information content (AvgIpc) is 2.10. The summed E-state index contributed by atoms with van der Waals surface area (Å²) in [5, 5.41) is 9.51. The van der Waals surface area contributed by atoms with Gasteiger partial charge in [-0.3, -0.25) is 0 Å². The van der Waals surface area contributed by atoms with Crippen LogP contribution >= 0.6 is 23.2 Å². The Balaban J connectivity index is 2.94. The van der Waals surface area contributed by atoms with Gasteiger partial charge in [0.05, 0.1) is 12.5 Å². The molecule has 0 aliphatic heterocycles. The number of nitrogens with zero attached hydrogens (tertiary/aromatic N) is 1. The molecule has 66 valence electrons. The molecule has 0 atom stereocenters. The third-order valence-electron chi connectivity index (χ3n) is 1.49. The van der Waals surface area contributed by atoms with Crippen molar-refractivity contribution in [2.45, 2.75) is 6.42 Å². The van der Waals surface area contributed by atoms with Crippen LogP contribution in [0.25, 0.3) is 6.08 Å². The fourth-order valence-electron chi connectivity index (χ4n) is 0.899. The standard InChI is InChI=1S/C10H7Cl2N/c11-9-5-3-6-10(12)8(9)4-1-2-7-13/h1,3-6H,2H2. The Bertz CT molecular complexity index is 343. The van der Waals surface area contributed by atoms with E-state index < -0.39 is 0 Å². The van der Waals surface area contributed by atoms with Gasteiger partial charge in [0.1, 0.15) is 0 Å². The van der Waals surface area contributed by atoms with E-state index in [0.717, 1.165) is 5.56 Å². The zero-order valence-corrected chi connectivity index (χ0v) is 8.31. The molecular formula is C10H7Cl2N. The number of allylic oxidation sites excluding steroid dienone is 1. The van der Waals surface area contributed by atoms with Crippen molar-refractivity contribution < 1.29 is 0 Å². The molecule has 0 saturated carbocycles. The van der Waals surface area contributed by atoms with Crippen LogP contribution in [0.3, 0.4) is 0 Å². The number of hydrogen-bond donors (Lipinski definition) is 0. The number of hydrogen-bond acceptors (Lipinski definition) is 1. The Morgan fingerprint density at radius 3 is 2.46 bits per heavy atom. The number of rotatable bonds is 2. The van der Waals surface area contributed by atoms with Crippen LogP contribution in [0.15, 0.2) is 24.3 Å². The number of halogens is 2. The highest BCUT2D eigenvalue weighted by Crippen LogP contribution is 2.25. The molecule has 0 bridgehead atoms. The zero-order chi connectivity index (χ0) is 9.68. The van der Waals surface area contributed by atoms with E-state index in [9.17, 15) is 0 Å². The Kier molecular flexibility index (Phi) is 3.82. The van der Waals surface area contributed by atoms with E-state index >= 15 is 0 Å². The molecule has 3 heteroatoms. The predicted molar refractivity (Wildman–Crippen MR) is 55.7 cm³/mol. The average molecular weight is 212 g/mol. The van der Waals surface area contributed by atoms with E-state index in [4.69, 9.17) is 28.5 Å². The van der Waals surface area contributed by atoms with Crippen LogP contribution in [0.5, 0.6) is 0 Å². The highest BCUT2D eigenvalue weighted by Gasteiger charge is 1.99. The van der Waals surface area contributed by atoms with Crippen molar-refractivity contribution in [3.05, 3.63) is 39.9 Å². The molecule has 1 rings (SSSR count).